The van der Waals surface area contributed by atoms with Gasteiger partial charge >= 0.3 is 6.03 Å². The molecule has 3 aromatic carbocycles. The van der Waals surface area contributed by atoms with E-state index in [1.807, 2.05) is 10.8 Å². The first-order valence-corrected chi connectivity index (χ1v) is 13.8. The van der Waals surface area contributed by atoms with E-state index in [4.69, 9.17) is 0 Å². The molecule has 0 bridgehead atoms. The number of nitrogens with one attached hydrogen (secondary N) is 2. The molecule has 4 rings (SSSR count). The van der Waals surface area contributed by atoms with Crippen LogP contribution in [0, 0.1) is 18.6 Å². The average Bonchev–Trinajstić information content (AvgIpc) is 3.33. The van der Waals surface area contributed by atoms with Crippen LogP contribution >= 0.6 is 11.3 Å². The van der Waals surface area contributed by atoms with Gasteiger partial charge in [-0.05, 0) is 67.3 Å². The molecule has 38 heavy (non-hydrogen) atoms. The van der Waals surface area contributed by atoms with Crippen LogP contribution in [0.15, 0.2) is 71.1 Å². The Labute approximate surface area is 225 Å². The molecule has 12 heteroatoms. The summed E-state index contributed by atoms with van der Waals surface area (Å²) in [5.41, 5.74) is 3.59. The Morgan fingerprint density at radius 1 is 1.08 bits per heavy atom. The van der Waals surface area contributed by atoms with Gasteiger partial charge in [0.05, 0.1) is 20.6 Å². The van der Waals surface area contributed by atoms with Gasteiger partial charge in [-0.2, -0.15) is 0 Å². The molecular weight excluding hydrogens is 534 g/mol. The number of halogens is 2. The minimum absolute atomic E-state index is 0. The zero-order valence-electron chi connectivity index (χ0n) is 20.4. The fraction of sp³-hybridized carbons (Fsp3) is 0.192. The van der Waals surface area contributed by atoms with Crippen molar-refractivity contribution in [3.05, 3.63) is 88.9 Å². The number of anilines is 1. The predicted molar refractivity (Wildman–Crippen MR) is 146 cm³/mol. The molecule has 0 aliphatic heterocycles. The maximum Gasteiger partial charge on any atom is 0.329 e. The van der Waals surface area contributed by atoms with E-state index in [9.17, 15) is 26.8 Å². The van der Waals surface area contributed by atoms with E-state index in [0.717, 1.165) is 22.9 Å². The second kappa shape index (κ2) is 11.2. The third-order valence-corrected chi connectivity index (χ3v) is 8.19. The van der Waals surface area contributed by atoms with Gasteiger partial charge in [0.2, 0.25) is 5.91 Å². The number of benzene rings is 3. The Hall–Kier alpha value is -3.90. The summed E-state index contributed by atoms with van der Waals surface area (Å²) in [5, 5.41) is 2.42. The maximum absolute atomic E-state index is 13.7. The number of aromatic nitrogens is 1. The first kappa shape index (κ1) is 27.1. The summed E-state index contributed by atoms with van der Waals surface area (Å²) in [5.74, 6) is -2.10. The van der Waals surface area contributed by atoms with Crippen LogP contribution in [0.4, 0.5) is 19.3 Å². The van der Waals surface area contributed by atoms with Crippen LogP contribution in [0.5, 0.6) is 0 Å². The maximum atomic E-state index is 13.7. The third kappa shape index (κ3) is 6.32. The number of thiazole rings is 1. The van der Waals surface area contributed by atoms with Gasteiger partial charge in [0.25, 0.3) is 10.0 Å². The summed E-state index contributed by atoms with van der Waals surface area (Å²) in [4.78, 5) is 31.7. The highest BCUT2D eigenvalue weighted by Crippen LogP contribution is 2.24. The van der Waals surface area contributed by atoms with E-state index in [1.54, 1.807) is 36.7 Å². The van der Waals surface area contributed by atoms with E-state index in [1.165, 1.54) is 35.4 Å². The topological polar surface area (TPSA) is 108 Å². The number of urea groups is 1. The van der Waals surface area contributed by atoms with Gasteiger partial charge in [0.1, 0.15) is 17.7 Å². The number of rotatable bonds is 8. The molecule has 1 heterocycles. The molecule has 0 saturated carbocycles. The van der Waals surface area contributed by atoms with Crippen molar-refractivity contribution < 1.29 is 29.6 Å². The van der Waals surface area contributed by atoms with E-state index in [0.29, 0.717) is 16.8 Å². The SMILES string of the molecule is Cc1ccccc1S(=O)(=O)NC(=O)N[C@@H](CCc1cc(F)cc(F)c1)C(=O)N(C)c1ccc2scnc2c1.[HH].[HH]. The Balaban J connectivity index is 0.00000280. The molecule has 8 nitrogen and oxygen atoms in total. The number of amides is 3. The zero-order chi connectivity index (χ0) is 27.4. The minimum Gasteiger partial charge on any atom is -0.325 e. The third-order valence-electron chi connectivity index (χ3n) is 5.89. The minimum atomic E-state index is -4.22. The molecule has 2 N–H and O–H groups in total. The van der Waals surface area contributed by atoms with Crippen molar-refractivity contribution in [2.75, 3.05) is 11.9 Å². The van der Waals surface area contributed by atoms with Crippen LogP contribution in [0.1, 0.15) is 20.4 Å². The smallest absolute Gasteiger partial charge is 0.325 e. The van der Waals surface area contributed by atoms with Gasteiger partial charge in [0.15, 0.2) is 0 Å². The molecule has 1 aromatic heterocycles. The standard InChI is InChI=1S/C26H24F2N4O4S2.2H2/c1-16-5-3-4-6-24(16)38(35,36)31-26(34)30-21(9-7-17-11-18(27)13-19(28)12-17)25(33)32(2)20-8-10-23-22(14-20)29-15-37-23;;/h3-6,8,10-15,21H,7,9H2,1-2H3,(H2,30,31,34);2*1H/t21-;;/m0../s1. The highest BCUT2D eigenvalue weighted by Gasteiger charge is 2.27. The number of carbonyl (C=O) groups is 2. The predicted octanol–water partition coefficient (Wildman–Crippen LogP) is 5.03. The van der Waals surface area contributed by atoms with E-state index in [-0.39, 0.29) is 26.2 Å². The number of sulfonamides is 1. The summed E-state index contributed by atoms with van der Waals surface area (Å²) >= 11 is 1.45. The highest BCUT2D eigenvalue weighted by molar-refractivity contribution is 7.90. The fourth-order valence-electron chi connectivity index (χ4n) is 3.96. The van der Waals surface area contributed by atoms with Crippen molar-refractivity contribution in [2.24, 2.45) is 0 Å². The number of hydrogen-bond donors (Lipinski definition) is 2. The summed E-state index contributed by atoms with van der Waals surface area (Å²) < 4.78 is 55.8. The number of aryl methyl sites for hydroxylation is 2. The molecular formula is C26H28F2N4O4S2. The van der Waals surface area contributed by atoms with Crippen LogP contribution in [0.3, 0.4) is 0 Å². The molecule has 0 spiro atoms. The molecule has 1 atom stereocenters. The van der Waals surface area contributed by atoms with Crippen molar-refractivity contribution in [3.63, 3.8) is 0 Å². The van der Waals surface area contributed by atoms with E-state index >= 15 is 0 Å². The van der Waals surface area contributed by atoms with Crippen LogP contribution in [-0.2, 0) is 21.2 Å². The molecule has 0 aliphatic carbocycles. The quantitative estimate of drug-likeness (QED) is 0.313. The lowest BCUT2D eigenvalue weighted by atomic mass is 10.0. The zero-order valence-corrected chi connectivity index (χ0v) is 22.1. The molecule has 202 valence electrons. The Kier molecular flexibility index (Phi) is 8.02. The molecule has 3 amide bonds. The van der Waals surface area contributed by atoms with E-state index in [2.05, 4.69) is 10.3 Å². The van der Waals surface area contributed by atoms with Crippen molar-refractivity contribution >= 4 is 49.2 Å². The fourth-order valence-corrected chi connectivity index (χ4v) is 5.78. The summed E-state index contributed by atoms with van der Waals surface area (Å²) in [7, 11) is -2.72. The van der Waals surface area contributed by atoms with Crippen molar-refractivity contribution in [2.45, 2.75) is 30.7 Å². The molecule has 4 aromatic rings. The number of likely N-dealkylation sites (N-methyl/N-ethyl adjacent to an activating group) is 1. The number of carbonyl (C=O) groups excluding carboxylic acids is 2. The lowest BCUT2D eigenvalue weighted by molar-refractivity contribution is -0.120. The molecule has 0 fully saturated rings. The lowest BCUT2D eigenvalue weighted by Crippen LogP contribution is -2.51. The lowest BCUT2D eigenvalue weighted by Gasteiger charge is -2.25. The number of nitrogens with zero attached hydrogens (tertiary/aromatic N) is 2. The van der Waals surface area contributed by atoms with Gasteiger partial charge in [-0.3, -0.25) is 4.79 Å². The first-order chi connectivity index (χ1) is 18.0. The van der Waals surface area contributed by atoms with Gasteiger partial charge in [-0.1, -0.05) is 18.2 Å². The summed E-state index contributed by atoms with van der Waals surface area (Å²) in [6, 6.07) is 12.0. The second-order valence-corrected chi connectivity index (χ2v) is 11.2. The Morgan fingerprint density at radius 3 is 2.50 bits per heavy atom. The van der Waals surface area contributed by atoms with Crippen molar-refractivity contribution in [1.29, 1.82) is 0 Å². The highest BCUT2D eigenvalue weighted by atomic mass is 32.2. The van der Waals surface area contributed by atoms with E-state index < -0.39 is 39.6 Å². The molecule has 0 radical (unpaired) electrons. The molecule has 0 saturated heterocycles. The van der Waals surface area contributed by atoms with Gasteiger partial charge < -0.3 is 10.2 Å². The molecule has 0 aliphatic rings. The largest absolute Gasteiger partial charge is 0.329 e. The number of fused-ring (bicyclic) bond motifs is 1. The molecule has 0 unspecified atom stereocenters. The Bertz CT molecular complexity index is 1600. The van der Waals surface area contributed by atoms with Crippen molar-refractivity contribution in [3.8, 4) is 0 Å². The van der Waals surface area contributed by atoms with Crippen molar-refractivity contribution in [1.82, 2.24) is 15.0 Å². The average molecular weight is 563 g/mol. The number of hydrogen-bond acceptors (Lipinski definition) is 6. The van der Waals surface area contributed by atoms with Gasteiger partial charge in [-0.15, -0.1) is 11.3 Å². The first-order valence-electron chi connectivity index (χ1n) is 11.5. The second-order valence-electron chi connectivity index (χ2n) is 8.62. The normalized spacial score (nSPS) is 12.2. The van der Waals surface area contributed by atoms with Gasteiger partial charge in [0, 0.05) is 21.7 Å². The summed E-state index contributed by atoms with van der Waals surface area (Å²) in [6.45, 7) is 1.59. The summed E-state index contributed by atoms with van der Waals surface area (Å²) in [6.07, 6.45) is -0.0162. The monoisotopic (exact) mass is 562 g/mol. The van der Waals surface area contributed by atoms with Crippen LogP contribution in [-0.4, -0.2) is 38.4 Å². The van der Waals surface area contributed by atoms with Crippen LogP contribution in [0.25, 0.3) is 10.2 Å². The van der Waals surface area contributed by atoms with Crippen LogP contribution < -0.4 is 14.9 Å². The Morgan fingerprint density at radius 2 is 1.79 bits per heavy atom. The van der Waals surface area contributed by atoms with Crippen LogP contribution in [0.2, 0.25) is 0 Å². The van der Waals surface area contributed by atoms with Gasteiger partial charge in [-0.25, -0.2) is 31.7 Å².